The van der Waals surface area contributed by atoms with E-state index in [1.165, 1.54) is 15.9 Å². The number of aryl methyl sites for hydroxylation is 1. The number of fused-ring (bicyclic) bond motifs is 1. The van der Waals surface area contributed by atoms with Crippen molar-refractivity contribution in [2.24, 2.45) is 0 Å². The molecular weight excluding hydrogens is 246 g/mol. The van der Waals surface area contributed by atoms with Gasteiger partial charge in [-0.25, -0.2) is 9.78 Å². The Morgan fingerprint density at radius 1 is 1.47 bits per heavy atom. The van der Waals surface area contributed by atoms with Crippen LogP contribution in [0.2, 0.25) is 0 Å². The minimum absolute atomic E-state index is 0.404. The first-order valence-corrected chi connectivity index (χ1v) is 6.00. The molecule has 0 spiro atoms. The van der Waals surface area contributed by atoms with E-state index in [-0.39, 0.29) is 0 Å². The van der Waals surface area contributed by atoms with Crippen LogP contribution < -0.4 is 0 Å². The lowest BCUT2D eigenvalue weighted by atomic mass is 10.0. The largest absolute Gasteiger partial charge is 0.465 e. The van der Waals surface area contributed by atoms with Crippen molar-refractivity contribution in [2.45, 2.75) is 13.3 Å². The van der Waals surface area contributed by atoms with Gasteiger partial charge in [-0.05, 0) is 30.5 Å². The van der Waals surface area contributed by atoms with Crippen LogP contribution in [0.4, 0.5) is 4.79 Å². The summed E-state index contributed by atoms with van der Waals surface area (Å²) in [6.45, 7) is 2.88. The molecule has 7 nitrogen and oxygen atoms in total. The van der Waals surface area contributed by atoms with Crippen molar-refractivity contribution in [1.29, 1.82) is 0 Å². The Balaban J connectivity index is 1.96. The van der Waals surface area contributed by atoms with Crippen LogP contribution in [0.25, 0.3) is 11.2 Å². The molecule has 1 aliphatic heterocycles. The number of carboxylic acid groups (broad SMARTS) is 1. The number of hydrogen-bond acceptors (Lipinski definition) is 4. The number of aromatic nitrogens is 4. The van der Waals surface area contributed by atoms with E-state index in [1.807, 2.05) is 19.1 Å². The zero-order valence-electron chi connectivity index (χ0n) is 10.4. The van der Waals surface area contributed by atoms with E-state index in [0.29, 0.717) is 25.2 Å². The molecule has 98 valence electrons. The Hall–Kier alpha value is -2.44. The van der Waals surface area contributed by atoms with E-state index in [0.717, 1.165) is 16.8 Å². The Bertz CT molecular complexity index is 676. The van der Waals surface area contributed by atoms with Crippen LogP contribution in [0.3, 0.4) is 0 Å². The molecular formula is C12H13N5O2. The lowest BCUT2D eigenvalue weighted by Crippen LogP contribution is -2.33. The number of nitrogens with zero attached hydrogens (tertiary/aromatic N) is 5. The van der Waals surface area contributed by atoms with Gasteiger partial charge in [0.15, 0.2) is 5.65 Å². The third-order valence-electron chi connectivity index (χ3n) is 3.25. The van der Waals surface area contributed by atoms with E-state index in [2.05, 4.69) is 15.2 Å². The summed E-state index contributed by atoms with van der Waals surface area (Å²) in [4.78, 5) is 16.3. The van der Waals surface area contributed by atoms with Gasteiger partial charge in [-0.15, -0.1) is 14.8 Å². The fraction of sp³-hybridized carbons (Fsp3) is 0.333. The molecule has 0 fully saturated rings. The predicted molar refractivity (Wildman–Crippen MR) is 67.7 cm³/mol. The molecule has 0 atom stereocenters. The summed E-state index contributed by atoms with van der Waals surface area (Å²) < 4.78 is 1.49. The third kappa shape index (κ3) is 2.03. The van der Waals surface area contributed by atoms with Crippen LogP contribution in [-0.4, -0.2) is 49.0 Å². The summed E-state index contributed by atoms with van der Waals surface area (Å²) in [6, 6.07) is 1.93. The lowest BCUT2D eigenvalue weighted by molar-refractivity contribution is 0.150. The fourth-order valence-corrected chi connectivity index (χ4v) is 2.23. The van der Waals surface area contributed by atoms with Gasteiger partial charge < -0.3 is 10.0 Å². The van der Waals surface area contributed by atoms with Gasteiger partial charge in [-0.1, -0.05) is 6.08 Å². The zero-order valence-corrected chi connectivity index (χ0v) is 10.4. The maximum absolute atomic E-state index is 10.9. The highest BCUT2D eigenvalue weighted by Gasteiger charge is 2.19. The van der Waals surface area contributed by atoms with Crippen molar-refractivity contribution in [3.05, 3.63) is 29.7 Å². The molecule has 1 amide bonds. The molecule has 0 radical (unpaired) electrons. The van der Waals surface area contributed by atoms with Crippen LogP contribution in [0.1, 0.15) is 17.7 Å². The van der Waals surface area contributed by atoms with Gasteiger partial charge in [0.2, 0.25) is 0 Å². The molecule has 3 rings (SSSR count). The zero-order chi connectivity index (χ0) is 13.4. The van der Waals surface area contributed by atoms with Gasteiger partial charge in [0.25, 0.3) is 0 Å². The summed E-state index contributed by atoms with van der Waals surface area (Å²) in [5.41, 5.74) is 3.66. The molecule has 2 aromatic heterocycles. The Morgan fingerprint density at radius 2 is 2.32 bits per heavy atom. The highest BCUT2D eigenvalue weighted by atomic mass is 16.4. The van der Waals surface area contributed by atoms with Crippen molar-refractivity contribution in [3.63, 3.8) is 0 Å². The molecule has 0 bridgehead atoms. The Kier molecular flexibility index (Phi) is 2.66. The Labute approximate surface area is 109 Å². The normalized spacial score (nSPS) is 15.6. The van der Waals surface area contributed by atoms with Crippen molar-refractivity contribution >= 4 is 17.3 Å². The van der Waals surface area contributed by atoms with Crippen molar-refractivity contribution < 1.29 is 9.90 Å². The van der Waals surface area contributed by atoms with Gasteiger partial charge >= 0.3 is 6.09 Å². The number of rotatable bonds is 1. The van der Waals surface area contributed by atoms with Crippen molar-refractivity contribution in [1.82, 2.24) is 24.7 Å². The third-order valence-corrected chi connectivity index (χ3v) is 3.25. The smallest absolute Gasteiger partial charge is 0.407 e. The minimum atomic E-state index is -0.883. The predicted octanol–water partition coefficient (Wildman–Crippen LogP) is 1.20. The molecule has 0 unspecified atom stereocenters. The van der Waals surface area contributed by atoms with Crippen LogP contribution >= 0.6 is 0 Å². The minimum Gasteiger partial charge on any atom is -0.465 e. The first-order chi connectivity index (χ1) is 9.15. The summed E-state index contributed by atoms with van der Waals surface area (Å²) >= 11 is 0. The monoisotopic (exact) mass is 259 g/mol. The summed E-state index contributed by atoms with van der Waals surface area (Å²) in [5.74, 6) is 0. The first kappa shape index (κ1) is 11.6. The second-order valence-electron chi connectivity index (χ2n) is 4.49. The highest BCUT2D eigenvalue weighted by Crippen LogP contribution is 2.23. The van der Waals surface area contributed by atoms with Gasteiger partial charge in [-0.3, -0.25) is 0 Å². The quantitative estimate of drug-likeness (QED) is 0.831. The van der Waals surface area contributed by atoms with E-state index < -0.39 is 6.09 Å². The van der Waals surface area contributed by atoms with Crippen LogP contribution in [-0.2, 0) is 0 Å². The summed E-state index contributed by atoms with van der Waals surface area (Å²) in [6.07, 6.45) is 3.16. The average molecular weight is 259 g/mol. The number of carbonyl (C=O) groups is 1. The van der Waals surface area contributed by atoms with Crippen molar-refractivity contribution in [2.75, 3.05) is 13.1 Å². The molecule has 1 aliphatic rings. The molecule has 3 heterocycles. The molecule has 7 heteroatoms. The molecule has 0 saturated carbocycles. The maximum Gasteiger partial charge on any atom is 0.407 e. The van der Waals surface area contributed by atoms with Crippen LogP contribution in [0, 0.1) is 6.92 Å². The second kappa shape index (κ2) is 4.34. The molecule has 2 aromatic rings. The summed E-state index contributed by atoms with van der Waals surface area (Å²) in [7, 11) is 0. The molecule has 0 saturated heterocycles. The molecule has 1 N–H and O–H groups in total. The van der Waals surface area contributed by atoms with Crippen molar-refractivity contribution in [3.8, 4) is 0 Å². The summed E-state index contributed by atoms with van der Waals surface area (Å²) in [5, 5.41) is 17.4. The molecule has 0 aliphatic carbocycles. The Morgan fingerprint density at radius 3 is 3.00 bits per heavy atom. The van der Waals surface area contributed by atoms with E-state index >= 15 is 0 Å². The number of amides is 1. The molecule has 0 aromatic carbocycles. The average Bonchev–Trinajstić information content (AvgIpc) is 2.85. The maximum atomic E-state index is 10.9. The number of hydrogen-bond donors (Lipinski definition) is 1. The topological polar surface area (TPSA) is 83.6 Å². The van der Waals surface area contributed by atoms with E-state index in [1.54, 1.807) is 0 Å². The first-order valence-electron chi connectivity index (χ1n) is 6.00. The standard InChI is InChI=1S/C12H13N5O2/c1-8-6-10-13-7-14-17(10)15-11(8)9-2-4-16(5-3-9)12(18)19/h2,6-7H,3-5H2,1H3,(H,18,19). The van der Waals surface area contributed by atoms with Crippen LogP contribution in [0.5, 0.6) is 0 Å². The van der Waals surface area contributed by atoms with E-state index in [9.17, 15) is 4.79 Å². The van der Waals surface area contributed by atoms with Crippen LogP contribution in [0.15, 0.2) is 18.5 Å². The second-order valence-corrected chi connectivity index (χ2v) is 4.49. The highest BCUT2D eigenvalue weighted by molar-refractivity contribution is 5.71. The SMILES string of the molecule is Cc1cc2ncnn2nc1C1=CCN(C(=O)O)CC1. The van der Waals surface area contributed by atoms with E-state index in [4.69, 9.17) is 5.11 Å². The van der Waals surface area contributed by atoms with Gasteiger partial charge in [0, 0.05) is 13.1 Å². The van der Waals surface area contributed by atoms with Gasteiger partial charge in [-0.2, -0.15) is 0 Å². The van der Waals surface area contributed by atoms with Gasteiger partial charge in [0.05, 0.1) is 5.69 Å². The van der Waals surface area contributed by atoms with Gasteiger partial charge in [0.1, 0.15) is 6.33 Å². The molecule has 19 heavy (non-hydrogen) atoms. The fourth-order valence-electron chi connectivity index (χ4n) is 2.23. The lowest BCUT2D eigenvalue weighted by Gasteiger charge is -2.23.